The molecular weight excluding hydrogens is 408 g/mol. The highest BCUT2D eigenvalue weighted by Gasteiger charge is 2.36. The minimum atomic E-state index is -0.744. The van der Waals surface area contributed by atoms with Crippen LogP contribution >= 0.6 is 11.8 Å². The van der Waals surface area contributed by atoms with Gasteiger partial charge in [0.1, 0.15) is 5.78 Å². The summed E-state index contributed by atoms with van der Waals surface area (Å²) in [6, 6.07) is 5.57. The van der Waals surface area contributed by atoms with E-state index < -0.39 is 11.9 Å². The second-order valence-electron chi connectivity index (χ2n) is 6.39. The Morgan fingerprint density at radius 1 is 1.13 bits per heavy atom. The zero-order valence-electron chi connectivity index (χ0n) is 17.7. The highest BCUT2D eigenvalue weighted by atomic mass is 32.2. The van der Waals surface area contributed by atoms with Crippen LogP contribution in [-0.4, -0.2) is 45.9 Å². The Morgan fingerprint density at radius 3 is 2.17 bits per heavy atom. The van der Waals surface area contributed by atoms with Gasteiger partial charge in [-0.05, 0) is 31.5 Å². The summed E-state index contributed by atoms with van der Waals surface area (Å²) >= 11 is 1.21. The molecule has 0 amide bonds. The zero-order chi connectivity index (χ0) is 22.4. The second kappa shape index (κ2) is 10.1. The summed E-state index contributed by atoms with van der Waals surface area (Å²) in [5.74, 6) is 0.0259. The molecule has 0 aliphatic carbocycles. The number of dihydropyridines is 1. The van der Waals surface area contributed by atoms with Gasteiger partial charge in [0.25, 0.3) is 0 Å². The molecule has 1 unspecified atom stereocenters. The van der Waals surface area contributed by atoms with Crippen molar-refractivity contribution in [2.45, 2.75) is 19.8 Å². The van der Waals surface area contributed by atoms with E-state index in [1.165, 1.54) is 47.1 Å². The number of esters is 1. The third kappa shape index (κ3) is 4.54. The van der Waals surface area contributed by atoms with Crippen molar-refractivity contribution < 1.29 is 28.5 Å². The zero-order valence-corrected chi connectivity index (χ0v) is 18.6. The topological polar surface area (TPSA) is 107 Å². The molecule has 30 heavy (non-hydrogen) atoms. The number of nitrogens with zero attached hydrogens (tertiary/aromatic N) is 1. The van der Waals surface area contributed by atoms with E-state index in [1.54, 1.807) is 19.1 Å². The summed E-state index contributed by atoms with van der Waals surface area (Å²) in [5, 5.41) is 13.6. The second-order valence-corrected chi connectivity index (χ2v) is 7.38. The van der Waals surface area contributed by atoms with Crippen molar-refractivity contribution in [3.05, 3.63) is 39.6 Å². The molecule has 0 aromatic heterocycles. The number of methoxy groups -OCH3 is 4. The van der Waals surface area contributed by atoms with E-state index in [9.17, 15) is 14.9 Å². The predicted octanol–water partition coefficient (Wildman–Crippen LogP) is 2.90. The number of carbonyl (C=O) groups excluding carboxylic acids is 2. The van der Waals surface area contributed by atoms with Gasteiger partial charge < -0.3 is 24.3 Å². The summed E-state index contributed by atoms with van der Waals surface area (Å²) < 4.78 is 21.2. The van der Waals surface area contributed by atoms with E-state index in [0.29, 0.717) is 39.1 Å². The Balaban J connectivity index is 2.77. The molecular formula is C21H24N2O6S. The molecule has 1 heterocycles. The van der Waals surface area contributed by atoms with Crippen molar-refractivity contribution >= 4 is 23.5 Å². The fourth-order valence-corrected chi connectivity index (χ4v) is 4.07. The number of thioether (sulfide) groups is 1. The average Bonchev–Trinajstić information content (AvgIpc) is 2.75. The molecule has 1 aliphatic heterocycles. The van der Waals surface area contributed by atoms with Crippen LogP contribution in [-0.2, 0) is 14.3 Å². The largest absolute Gasteiger partial charge is 0.493 e. The summed E-state index contributed by atoms with van der Waals surface area (Å²) in [5.41, 5.74) is 1.70. The van der Waals surface area contributed by atoms with Crippen molar-refractivity contribution in [3.63, 3.8) is 0 Å². The lowest BCUT2D eigenvalue weighted by molar-refractivity contribution is -0.136. The lowest BCUT2D eigenvalue weighted by Gasteiger charge is -2.29. The van der Waals surface area contributed by atoms with Gasteiger partial charge in [-0.1, -0.05) is 11.8 Å². The van der Waals surface area contributed by atoms with E-state index in [4.69, 9.17) is 18.9 Å². The molecule has 1 N–H and O–H groups in total. The van der Waals surface area contributed by atoms with E-state index in [1.807, 2.05) is 0 Å². The summed E-state index contributed by atoms with van der Waals surface area (Å²) in [4.78, 5) is 24.1. The summed E-state index contributed by atoms with van der Waals surface area (Å²) in [6.07, 6.45) is 0. The number of carbonyl (C=O) groups is 2. The van der Waals surface area contributed by atoms with Crippen LogP contribution < -0.4 is 19.5 Å². The monoisotopic (exact) mass is 432 g/mol. The molecule has 1 atom stereocenters. The van der Waals surface area contributed by atoms with Crippen molar-refractivity contribution in [3.8, 4) is 23.3 Å². The number of benzene rings is 1. The lowest BCUT2D eigenvalue weighted by atomic mass is 9.82. The standard InChI is InChI=1S/C21H24N2O6S/c1-11(24)10-30-20-14(9-22)18(17(12(2)23-20)21(25)29-6)13-7-15(26-3)19(28-5)16(8-13)27-4/h7-8,18,23H,10H2,1-6H3. The Bertz CT molecular complexity index is 936. The molecule has 1 aromatic rings. The van der Waals surface area contributed by atoms with Crippen LogP contribution in [0.25, 0.3) is 0 Å². The minimum absolute atomic E-state index is 0.0312. The van der Waals surface area contributed by atoms with Crippen molar-refractivity contribution in [2.75, 3.05) is 34.2 Å². The number of Topliss-reactive ketones (excluding diaryl/α,β-unsaturated/α-hetero) is 1. The predicted molar refractivity (Wildman–Crippen MR) is 112 cm³/mol. The molecule has 8 nitrogen and oxygen atoms in total. The van der Waals surface area contributed by atoms with Gasteiger partial charge in [0.2, 0.25) is 5.75 Å². The van der Waals surface area contributed by atoms with Crippen LogP contribution in [0, 0.1) is 11.3 Å². The van der Waals surface area contributed by atoms with E-state index in [0.717, 1.165) is 0 Å². The summed E-state index contributed by atoms with van der Waals surface area (Å²) in [6.45, 7) is 3.20. The van der Waals surface area contributed by atoms with Gasteiger partial charge >= 0.3 is 5.97 Å². The quantitative estimate of drug-likeness (QED) is 0.620. The van der Waals surface area contributed by atoms with Gasteiger partial charge in [-0.15, -0.1) is 0 Å². The van der Waals surface area contributed by atoms with Crippen molar-refractivity contribution in [2.24, 2.45) is 0 Å². The minimum Gasteiger partial charge on any atom is -0.493 e. The van der Waals surface area contributed by atoms with E-state index >= 15 is 0 Å². The third-order valence-corrected chi connectivity index (χ3v) is 5.65. The molecule has 0 spiro atoms. The van der Waals surface area contributed by atoms with Gasteiger partial charge in [0, 0.05) is 5.70 Å². The van der Waals surface area contributed by atoms with Crippen LogP contribution in [0.2, 0.25) is 0 Å². The Labute approximate surface area is 179 Å². The molecule has 1 aromatic carbocycles. The number of rotatable bonds is 8. The van der Waals surface area contributed by atoms with Crippen LogP contribution in [0.5, 0.6) is 17.2 Å². The number of ether oxygens (including phenoxy) is 4. The SMILES string of the molecule is COC(=O)C1=C(C)NC(SCC(C)=O)=C(C#N)C1c1cc(OC)c(OC)c(OC)c1. The molecule has 0 radical (unpaired) electrons. The average molecular weight is 432 g/mol. The third-order valence-electron chi connectivity index (χ3n) is 4.49. The van der Waals surface area contributed by atoms with E-state index in [2.05, 4.69) is 11.4 Å². The molecule has 1 aliphatic rings. The summed E-state index contributed by atoms with van der Waals surface area (Å²) in [7, 11) is 5.75. The number of hydrogen-bond acceptors (Lipinski definition) is 9. The molecule has 9 heteroatoms. The van der Waals surface area contributed by atoms with Gasteiger partial charge in [0.05, 0.1) is 62.4 Å². The normalized spacial score (nSPS) is 15.8. The molecule has 0 saturated heterocycles. The lowest BCUT2D eigenvalue weighted by Crippen LogP contribution is -2.28. The smallest absolute Gasteiger partial charge is 0.336 e. The number of ketones is 1. The maximum atomic E-state index is 12.6. The maximum Gasteiger partial charge on any atom is 0.336 e. The Hall–Kier alpha value is -3.12. The van der Waals surface area contributed by atoms with Crippen molar-refractivity contribution in [1.29, 1.82) is 5.26 Å². The van der Waals surface area contributed by atoms with Crippen molar-refractivity contribution in [1.82, 2.24) is 5.32 Å². The van der Waals surface area contributed by atoms with Gasteiger partial charge in [-0.3, -0.25) is 4.79 Å². The van der Waals surface area contributed by atoms with Gasteiger partial charge in [-0.2, -0.15) is 5.26 Å². The Kier molecular flexibility index (Phi) is 7.78. The number of nitriles is 1. The first-order chi connectivity index (χ1) is 14.3. The number of nitrogens with one attached hydrogen (secondary N) is 1. The molecule has 0 fully saturated rings. The number of allylic oxidation sites excluding steroid dienone is 2. The van der Waals surface area contributed by atoms with Crippen LogP contribution in [0.4, 0.5) is 0 Å². The first-order valence-corrected chi connectivity index (χ1v) is 9.93. The fraction of sp³-hybridized carbons (Fsp3) is 0.381. The fourth-order valence-electron chi connectivity index (χ4n) is 3.18. The maximum absolute atomic E-state index is 12.6. The van der Waals surface area contributed by atoms with E-state index in [-0.39, 0.29) is 17.1 Å². The van der Waals surface area contributed by atoms with Crippen LogP contribution in [0.1, 0.15) is 25.3 Å². The molecule has 0 bridgehead atoms. The van der Waals surface area contributed by atoms with Crippen LogP contribution in [0.15, 0.2) is 34.0 Å². The highest BCUT2D eigenvalue weighted by Crippen LogP contribution is 2.46. The van der Waals surface area contributed by atoms with Gasteiger partial charge in [-0.25, -0.2) is 4.79 Å². The first kappa shape index (κ1) is 23.2. The highest BCUT2D eigenvalue weighted by molar-refractivity contribution is 8.03. The molecule has 0 saturated carbocycles. The van der Waals surface area contributed by atoms with Crippen LogP contribution in [0.3, 0.4) is 0 Å². The van der Waals surface area contributed by atoms with Gasteiger partial charge in [0.15, 0.2) is 11.5 Å². The number of hydrogen-bond donors (Lipinski definition) is 1. The Morgan fingerprint density at radius 2 is 1.73 bits per heavy atom. The first-order valence-electron chi connectivity index (χ1n) is 8.95. The molecule has 160 valence electrons. The molecule has 2 rings (SSSR count).